The smallest absolute Gasteiger partial charge is 0.320 e. The molecule has 7 heteroatoms. The summed E-state index contributed by atoms with van der Waals surface area (Å²) in [5.41, 5.74) is 0.986. The molecule has 0 aliphatic rings. The second-order valence-electron chi connectivity index (χ2n) is 3.84. The van der Waals surface area contributed by atoms with Gasteiger partial charge in [-0.05, 0) is 24.6 Å². The number of esters is 1. The van der Waals surface area contributed by atoms with Gasteiger partial charge >= 0.3 is 5.97 Å². The van der Waals surface area contributed by atoms with Gasteiger partial charge in [-0.25, -0.2) is 8.42 Å². The number of hydrogen-bond acceptors (Lipinski definition) is 5. The number of aliphatic hydroxyl groups is 1. The van der Waals surface area contributed by atoms with Gasteiger partial charge in [0.2, 0.25) is 10.0 Å². The quantitative estimate of drug-likeness (QED) is 0.592. The number of hydrogen-bond donors (Lipinski definition) is 2. The minimum Gasteiger partial charge on any atom is -0.468 e. The van der Waals surface area contributed by atoms with Crippen LogP contribution in [0.4, 0.5) is 0 Å². The largest absolute Gasteiger partial charge is 0.468 e. The lowest BCUT2D eigenvalue weighted by molar-refractivity contribution is -0.139. The van der Waals surface area contributed by atoms with Crippen molar-refractivity contribution in [2.75, 3.05) is 20.3 Å². The van der Waals surface area contributed by atoms with Crippen LogP contribution >= 0.6 is 0 Å². The Hall–Kier alpha value is -1.88. The van der Waals surface area contributed by atoms with Crippen LogP contribution in [0.3, 0.4) is 0 Å². The number of benzene rings is 1. The molecule has 0 saturated heterocycles. The second kappa shape index (κ2) is 7.05. The van der Waals surface area contributed by atoms with Crippen molar-refractivity contribution in [2.45, 2.75) is 11.8 Å². The van der Waals surface area contributed by atoms with Crippen LogP contribution in [0.25, 0.3) is 0 Å². The summed E-state index contributed by atoms with van der Waals surface area (Å²) in [6, 6.07) is 4.64. The van der Waals surface area contributed by atoms with Crippen molar-refractivity contribution in [1.82, 2.24) is 4.72 Å². The Labute approximate surface area is 117 Å². The molecule has 6 nitrogen and oxygen atoms in total. The lowest BCUT2D eigenvalue weighted by Gasteiger charge is -2.09. The van der Waals surface area contributed by atoms with E-state index in [2.05, 4.69) is 21.3 Å². The molecule has 0 heterocycles. The van der Waals surface area contributed by atoms with E-state index in [0.717, 1.165) is 0 Å². The highest BCUT2D eigenvalue weighted by Gasteiger charge is 2.18. The van der Waals surface area contributed by atoms with Crippen molar-refractivity contribution in [3.63, 3.8) is 0 Å². The van der Waals surface area contributed by atoms with E-state index in [1.54, 1.807) is 19.1 Å². The maximum Gasteiger partial charge on any atom is 0.320 e. The van der Waals surface area contributed by atoms with Crippen molar-refractivity contribution in [2.24, 2.45) is 0 Å². The predicted molar refractivity (Wildman–Crippen MR) is 72.3 cm³/mol. The van der Waals surface area contributed by atoms with E-state index < -0.39 is 22.5 Å². The molecule has 2 N–H and O–H groups in total. The molecule has 0 unspecified atom stereocenters. The lowest BCUT2D eigenvalue weighted by atomic mass is 10.1. The zero-order chi connectivity index (χ0) is 15.2. The Morgan fingerprint density at radius 2 is 2.15 bits per heavy atom. The molecule has 0 fully saturated rings. The highest BCUT2D eigenvalue weighted by molar-refractivity contribution is 7.89. The number of methoxy groups -OCH3 is 1. The van der Waals surface area contributed by atoms with Gasteiger partial charge in [-0.3, -0.25) is 4.79 Å². The third-order valence-corrected chi connectivity index (χ3v) is 3.97. The molecule has 0 amide bonds. The van der Waals surface area contributed by atoms with E-state index in [-0.39, 0.29) is 11.5 Å². The van der Waals surface area contributed by atoms with Gasteiger partial charge in [0.25, 0.3) is 0 Å². The molecule has 0 saturated carbocycles. The first kappa shape index (κ1) is 16.2. The molecular formula is C13H15NO5S. The number of aryl methyl sites for hydroxylation is 1. The standard InChI is InChI=1S/C13H15NO5S/c1-10-5-6-11(4-3-7-15)8-12(10)20(17,18)14-9-13(16)19-2/h5-6,8,14-15H,7,9H2,1-2H3. The molecule has 108 valence electrons. The second-order valence-corrected chi connectivity index (χ2v) is 5.58. The number of rotatable bonds is 4. The number of nitrogens with one attached hydrogen (secondary N) is 1. The summed E-state index contributed by atoms with van der Waals surface area (Å²) in [6.45, 7) is 0.886. The molecule has 0 aliphatic heterocycles. The van der Waals surface area contributed by atoms with Crippen molar-refractivity contribution >= 4 is 16.0 Å². The highest BCUT2D eigenvalue weighted by Crippen LogP contribution is 2.16. The van der Waals surface area contributed by atoms with Crippen LogP contribution in [-0.2, 0) is 19.6 Å². The first-order valence-electron chi connectivity index (χ1n) is 5.67. The first-order valence-corrected chi connectivity index (χ1v) is 7.16. The molecule has 0 aliphatic carbocycles. The number of carbonyl (C=O) groups is 1. The average Bonchev–Trinajstić information content (AvgIpc) is 2.43. The number of carbonyl (C=O) groups excluding carboxylic acids is 1. The molecule has 1 aromatic carbocycles. The van der Waals surface area contributed by atoms with Crippen LogP contribution in [0.1, 0.15) is 11.1 Å². The van der Waals surface area contributed by atoms with Gasteiger partial charge in [0, 0.05) is 5.56 Å². The van der Waals surface area contributed by atoms with Crippen molar-refractivity contribution in [1.29, 1.82) is 0 Å². The summed E-state index contributed by atoms with van der Waals surface area (Å²) in [7, 11) is -2.65. The normalized spacial score (nSPS) is 10.6. The maximum absolute atomic E-state index is 12.1. The first-order chi connectivity index (χ1) is 9.40. The Morgan fingerprint density at radius 3 is 2.75 bits per heavy atom. The van der Waals surface area contributed by atoms with Gasteiger partial charge in [0.1, 0.15) is 13.2 Å². The van der Waals surface area contributed by atoms with E-state index in [1.165, 1.54) is 13.2 Å². The zero-order valence-electron chi connectivity index (χ0n) is 11.1. The molecule has 20 heavy (non-hydrogen) atoms. The summed E-state index contributed by atoms with van der Waals surface area (Å²) in [6.07, 6.45) is 0. The fraction of sp³-hybridized carbons (Fsp3) is 0.308. The minimum atomic E-state index is -3.82. The van der Waals surface area contributed by atoms with Crippen LogP contribution in [0.15, 0.2) is 23.1 Å². The van der Waals surface area contributed by atoms with E-state index >= 15 is 0 Å². The topological polar surface area (TPSA) is 92.7 Å². The van der Waals surface area contributed by atoms with E-state index in [4.69, 9.17) is 5.11 Å². The maximum atomic E-state index is 12.1. The van der Waals surface area contributed by atoms with Gasteiger partial charge in [-0.15, -0.1) is 0 Å². The van der Waals surface area contributed by atoms with Crippen LogP contribution in [0.2, 0.25) is 0 Å². The summed E-state index contributed by atoms with van der Waals surface area (Å²) < 4.78 is 30.7. The van der Waals surface area contributed by atoms with Gasteiger partial charge in [0.15, 0.2) is 0 Å². The fourth-order valence-corrected chi connectivity index (χ4v) is 2.65. The Bertz CT molecular complexity index is 655. The number of aliphatic hydroxyl groups excluding tert-OH is 1. The summed E-state index contributed by atoms with van der Waals surface area (Å²) in [5.74, 6) is 4.39. The van der Waals surface area contributed by atoms with Crippen molar-refractivity contribution < 1.29 is 23.1 Å². The van der Waals surface area contributed by atoms with Crippen molar-refractivity contribution in [3.8, 4) is 11.8 Å². The SMILES string of the molecule is COC(=O)CNS(=O)(=O)c1cc(C#CCO)ccc1C. The van der Waals surface area contributed by atoms with Crippen molar-refractivity contribution in [3.05, 3.63) is 29.3 Å². The number of ether oxygens (including phenoxy) is 1. The van der Waals surface area contributed by atoms with E-state index in [1.807, 2.05) is 0 Å². The molecule has 0 bridgehead atoms. The van der Waals surface area contributed by atoms with Crippen LogP contribution in [-0.4, -0.2) is 39.8 Å². The lowest BCUT2D eigenvalue weighted by Crippen LogP contribution is -2.30. The zero-order valence-corrected chi connectivity index (χ0v) is 12.0. The number of sulfonamides is 1. The molecule has 0 spiro atoms. The Balaban J connectivity index is 3.07. The fourth-order valence-electron chi connectivity index (χ4n) is 1.41. The summed E-state index contributed by atoms with van der Waals surface area (Å²) in [4.78, 5) is 11.0. The minimum absolute atomic E-state index is 0.0335. The molecule has 0 atom stereocenters. The third kappa shape index (κ3) is 4.35. The van der Waals surface area contributed by atoms with Crippen LogP contribution in [0.5, 0.6) is 0 Å². The molecule has 0 aromatic heterocycles. The Morgan fingerprint density at radius 1 is 1.45 bits per heavy atom. The summed E-state index contributed by atoms with van der Waals surface area (Å²) in [5, 5.41) is 8.63. The monoisotopic (exact) mass is 297 g/mol. The summed E-state index contributed by atoms with van der Waals surface area (Å²) >= 11 is 0. The van der Waals surface area contributed by atoms with Gasteiger partial charge < -0.3 is 9.84 Å². The third-order valence-electron chi connectivity index (χ3n) is 2.42. The van der Waals surface area contributed by atoms with Crippen LogP contribution < -0.4 is 4.72 Å². The molecular weight excluding hydrogens is 282 g/mol. The molecule has 1 rings (SSSR count). The molecule has 1 aromatic rings. The Kier molecular flexibility index (Phi) is 5.70. The van der Waals surface area contributed by atoms with Gasteiger partial charge in [0.05, 0.1) is 12.0 Å². The highest BCUT2D eigenvalue weighted by atomic mass is 32.2. The predicted octanol–water partition coefficient (Wildman–Crippen LogP) is -0.210. The van der Waals surface area contributed by atoms with E-state index in [9.17, 15) is 13.2 Å². The van der Waals surface area contributed by atoms with E-state index in [0.29, 0.717) is 11.1 Å². The van der Waals surface area contributed by atoms with Gasteiger partial charge in [-0.1, -0.05) is 17.9 Å². The van der Waals surface area contributed by atoms with Crippen LogP contribution in [0, 0.1) is 18.8 Å². The van der Waals surface area contributed by atoms with Gasteiger partial charge in [-0.2, -0.15) is 4.72 Å². The average molecular weight is 297 g/mol. The molecule has 0 radical (unpaired) electrons.